The fraction of sp³-hybridized carbons (Fsp3) is 0.423. The van der Waals surface area contributed by atoms with E-state index in [2.05, 4.69) is 10.3 Å². The van der Waals surface area contributed by atoms with E-state index in [4.69, 9.17) is 9.47 Å². The van der Waals surface area contributed by atoms with Crippen molar-refractivity contribution in [1.82, 2.24) is 19.4 Å². The lowest BCUT2D eigenvalue weighted by atomic mass is 9.91. The molecule has 1 aliphatic rings. The number of nitrogens with zero attached hydrogens (tertiary/aromatic N) is 3. The summed E-state index contributed by atoms with van der Waals surface area (Å²) < 4.78 is 26.5. The monoisotopic (exact) mass is 512 g/mol. The first-order valence-corrected chi connectivity index (χ1v) is 12.0. The van der Waals surface area contributed by atoms with Crippen LogP contribution in [0.3, 0.4) is 0 Å². The van der Waals surface area contributed by atoms with Crippen molar-refractivity contribution in [2.24, 2.45) is 0 Å². The fourth-order valence-corrected chi connectivity index (χ4v) is 4.58. The van der Waals surface area contributed by atoms with Crippen LogP contribution in [0.1, 0.15) is 62.9 Å². The van der Waals surface area contributed by atoms with Crippen LogP contribution in [0, 0.1) is 5.82 Å². The number of alkyl carbamates (subject to hydrolysis) is 1. The summed E-state index contributed by atoms with van der Waals surface area (Å²) in [7, 11) is 1.25. The van der Waals surface area contributed by atoms with Gasteiger partial charge in [0, 0.05) is 12.1 Å². The Labute approximate surface area is 212 Å². The number of amides is 1. The second-order valence-corrected chi connectivity index (χ2v) is 10.0. The number of aromatic nitrogens is 3. The summed E-state index contributed by atoms with van der Waals surface area (Å²) in [6.45, 7) is 5.33. The number of carbonyl (C=O) groups is 2. The second kappa shape index (κ2) is 10.2. The van der Waals surface area contributed by atoms with Gasteiger partial charge in [0.15, 0.2) is 5.65 Å². The van der Waals surface area contributed by atoms with E-state index in [1.165, 1.54) is 23.8 Å². The number of nitrogens with one attached hydrogen (secondary N) is 1. The van der Waals surface area contributed by atoms with Gasteiger partial charge in [0.25, 0.3) is 5.56 Å². The summed E-state index contributed by atoms with van der Waals surface area (Å²) >= 11 is 0. The van der Waals surface area contributed by atoms with Crippen molar-refractivity contribution < 1.29 is 23.5 Å². The van der Waals surface area contributed by atoms with Crippen LogP contribution in [-0.2, 0) is 9.47 Å². The second-order valence-electron chi connectivity index (χ2n) is 10.0. The smallest absolute Gasteiger partial charge is 0.407 e. The third-order valence-electron chi connectivity index (χ3n) is 6.20. The van der Waals surface area contributed by atoms with Crippen LogP contribution in [-0.4, -0.2) is 44.9 Å². The van der Waals surface area contributed by atoms with Crippen LogP contribution in [0.2, 0.25) is 0 Å². The number of fused-ring (bicyclic) bond motifs is 1. The van der Waals surface area contributed by atoms with E-state index >= 15 is 0 Å². The molecule has 3 aromatic rings. The summed E-state index contributed by atoms with van der Waals surface area (Å²) in [6, 6.07) is 6.57. The largest absolute Gasteiger partial charge is 0.465 e. The molecule has 0 unspecified atom stereocenters. The molecule has 1 aliphatic carbocycles. The van der Waals surface area contributed by atoms with E-state index in [9.17, 15) is 23.6 Å². The van der Waals surface area contributed by atoms with Crippen molar-refractivity contribution >= 4 is 23.1 Å². The van der Waals surface area contributed by atoms with Crippen molar-refractivity contribution in [3.05, 3.63) is 68.7 Å². The summed E-state index contributed by atoms with van der Waals surface area (Å²) in [5, 5.41) is 2.78. The van der Waals surface area contributed by atoms with Crippen molar-refractivity contribution in [3.8, 4) is 5.69 Å². The van der Waals surface area contributed by atoms with E-state index in [1.54, 1.807) is 32.9 Å². The Kier molecular flexibility index (Phi) is 7.15. The molecule has 2 heterocycles. The average Bonchev–Trinajstić information content (AvgIpc) is 2.84. The molecule has 1 amide bonds. The lowest BCUT2D eigenvalue weighted by Crippen LogP contribution is -2.45. The normalized spacial score (nSPS) is 17.9. The number of hydrogen-bond donors (Lipinski definition) is 1. The molecule has 4 rings (SSSR count). The van der Waals surface area contributed by atoms with Crippen LogP contribution in [0.4, 0.5) is 9.18 Å². The number of rotatable bonds is 4. The molecule has 1 N–H and O–H groups in total. The molecule has 1 saturated carbocycles. The number of pyridine rings is 1. The highest BCUT2D eigenvalue weighted by molar-refractivity contribution is 5.90. The summed E-state index contributed by atoms with van der Waals surface area (Å²) in [5.74, 6) is -1.31. The maximum atomic E-state index is 14.1. The molecule has 0 bridgehead atoms. The topological polar surface area (TPSA) is 122 Å². The maximum Gasteiger partial charge on any atom is 0.407 e. The Morgan fingerprint density at radius 1 is 1.11 bits per heavy atom. The number of carbonyl (C=O) groups excluding carboxylic acids is 2. The number of esters is 1. The maximum absolute atomic E-state index is 14.1. The van der Waals surface area contributed by atoms with E-state index < -0.39 is 40.8 Å². The van der Waals surface area contributed by atoms with Gasteiger partial charge < -0.3 is 14.8 Å². The first-order valence-electron chi connectivity index (χ1n) is 12.0. The predicted octanol–water partition coefficient (Wildman–Crippen LogP) is 3.48. The van der Waals surface area contributed by atoms with Crippen LogP contribution < -0.4 is 16.6 Å². The molecule has 1 aromatic carbocycles. The third kappa shape index (κ3) is 5.55. The highest BCUT2D eigenvalue weighted by atomic mass is 19.1. The molecule has 37 heavy (non-hydrogen) atoms. The molecule has 196 valence electrons. The van der Waals surface area contributed by atoms with Gasteiger partial charge in [-0.15, -0.1) is 0 Å². The molecular weight excluding hydrogens is 483 g/mol. The van der Waals surface area contributed by atoms with Crippen LogP contribution in [0.15, 0.2) is 46.1 Å². The molecule has 1 fully saturated rings. The molecule has 0 aliphatic heterocycles. The number of hydrogen-bond acceptors (Lipinski definition) is 7. The first-order chi connectivity index (χ1) is 17.5. The molecule has 2 aromatic heterocycles. The fourth-order valence-electron chi connectivity index (χ4n) is 4.58. The van der Waals surface area contributed by atoms with Crippen molar-refractivity contribution in [1.29, 1.82) is 0 Å². The van der Waals surface area contributed by atoms with Gasteiger partial charge in [0.05, 0.1) is 29.9 Å². The summed E-state index contributed by atoms with van der Waals surface area (Å²) in [6.07, 6.45) is 2.33. The van der Waals surface area contributed by atoms with Gasteiger partial charge in [0.2, 0.25) is 0 Å². The van der Waals surface area contributed by atoms with Crippen LogP contribution in [0.25, 0.3) is 16.7 Å². The van der Waals surface area contributed by atoms with Gasteiger partial charge in [-0.25, -0.2) is 28.3 Å². The van der Waals surface area contributed by atoms with Gasteiger partial charge in [-0.1, -0.05) is 6.07 Å². The van der Waals surface area contributed by atoms with Gasteiger partial charge >= 0.3 is 17.8 Å². The molecule has 10 nitrogen and oxygen atoms in total. The number of methoxy groups -OCH3 is 1. The average molecular weight is 513 g/mol. The third-order valence-corrected chi connectivity index (χ3v) is 6.20. The van der Waals surface area contributed by atoms with Gasteiger partial charge in [0.1, 0.15) is 11.4 Å². The minimum Gasteiger partial charge on any atom is -0.465 e. The summed E-state index contributed by atoms with van der Waals surface area (Å²) in [5.41, 5.74) is -1.45. The van der Waals surface area contributed by atoms with E-state index in [0.717, 1.165) is 16.8 Å². The minimum atomic E-state index is -0.713. The molecule has 0 spiro atoms. The molecule has 11 heteroatoms. The predicted molar refractivity (Wildman–Crippen MR) is 134 cm³/mol. The van der Waals surface area contributed by atoms with Crippen LogP contribution >= 0.6 is 0 Å². The van der Waals surface area contributed by atoms with E-state index in [0.29, 0.717) is 25.7 Å². The van der Waals surface area contributed by atoms with Gasteiger partial charge in [-0.3, -0.25) is 9.36 Å². The number of benzene rings is 1. The highest BCUT2D eigenvalue weighted by Gasteiger charge is 2.29. The van der Waals surface area contributed by atoms with E-state index in [-0.39, 0.29) is 28.3 Å². The SMILES string of the molecule is COC(=O)c1cccc(-n2c(=O)n(C3CCC(NC(=O)OC(C)(C)C)CC3)c(=O)c3cc(F)cnc32)c1. The zero-order valence-electron chi connectivity index (χ0n) is 21.1. The number of ether oxygens (including phenoxy) is 2. The lowest BCUT2D eigenvalue weighted by molar-refractivity contribution is 0.0486. The lowest BCUT2D eigenvalue weighted by Gasteiger charge is -2.31. The molecule has 0 radical (unpaired) electrons. The quantitative estimate of drug-likeness (QED) is 0.531. The highest BCUT2D eigenvalue weighted by Crippen LogP contribution is 2.28. The zero-order valence-corrected chi connectivity index (χ0v) is 21.1. The van der Waals surface area contributed by atoms with Crippen molar-refractivity contribution in [2.45, 2.75) is 64.1 Å². The Hall–Kier alpha value is -4.02. The van der Waals surface area contributed by atoms with Gasteiger partial charge in [-0.05, 0) is 70.7 Å². The first kappa shape index (κ1) is 26.1. The molecule has 0 atom stereocenters. The van der Waals surface area contributed by atoms with Crippen molar-refractivity contribution in [2.75, 3.05) is 7.11 Å². The summed E-state index contributed by atoms with van der Waals surface area (Å²) in [4.78, 5) is 55.4. The standard InChI is InChI=1S/C26H29FN4O6/c1-26(2,3)37-24(34)29-17-8-10-18(11-9-17)31-22(32)20-13-16(27)14-28-21(20)30(25(31)35)19-7-5-6-15(12-19)23(33)36-4/h5-7,12-14,17-18H,8-11H2,1-4H3,(H,29,34). The Morgan fingerprint density at radius 2 is 1.81 bits per heavy atom. The van der Waals surface area contributed by atoms with Crippen LogP contribution in [0.5, 0.6) is 0 Å². The molecule has 0 saturated heterocycles. The Balaban J connectivity index is 1.73. The van der Waals surface area contributed by atoms with Crippen molar-refractivity contribution in [3.63, 3.8) is 0 Å². The Morgan fingerprint density at radius 3 is 2.46 bits per heavy atom. The number of halogens is 1. The van der Waals surface area contributed by atoms with E-state index in [1.807, 2.05) is 0 Å². The minimum absolute atomic E-state index is 0.0186. The zero-order chi connectivity index (χ0) is 26.9. The Bertz CT molecular complexity index is 1460. The molecular formula is C26H29FN4O6. The van der Waals surface area contributed by atoms with Gasteiger partial charge in [-0.2, -0.15) is 0 Å².